The van der Waals surface area contributed by atoms with Crippen molar-refractivity contribution < 1.29 is 19.2 Å². The molecule has 4 amide bonds. The quantitative estimate of drug-likeness (QED) is 0.502. The Labute approximate surface area is 207 Å². The molecule has 1 aliphatic heterocycles. The summed E-state index contributed by atoms with van der Waals surface area (Å²) >= 11 is 1.47. The minimum absolute atomic E-state index is 0.190. The van der Waals surface area contributed by atoms with Gasteiger partial charge in [-0.15, -0.1) is 11.3 Å². The van der Waals surface area contributed by atoms with Gasteiger partial charge in [0.15, 0.2) is 0 Å². The van der Waals surface area contributed by atoms with Crippen molar-refractivity contribution in [2.45, 2.75) is 45.1 Å². The molecule has 0 radical (unpaired) electrons. The highest BCUT2D eigenvalue weighted by atomic mass is 32.1. The smallest absolute Gasteiger partial charge is 0.256 e. The van der Waals surface area contributed by atoms with Crippen LogP contribution < -0.4 is 15.5 Å². The van der Waals surface area contributed by atoms with Crippen molar-refractivity contribution in [1.82, 2.24) is 5.32 Å². The molecular formula is C27H25N3O4S. The second kappa shape index (κ2) is 9.84. The summed E-state index contributed by atoms with van der Waals surface area (Å²) in [5, 5.41) is 6.50. The number of aryl methyl sites for hydroxylation is 1. The molecule has 2 N–H and O–H groups in total. The van der Waals surface area contributed by atoms with E-state index in [1.807, 2.05) is 30.3 Å². The zero-order chi connectivity index (χ0) is 24.4. The molecule has 1 fully saturated rings. The Kier molecular flexibility index (Phi) is 6.46. The Morgan fingerprint density at radius 1 is 0.829 bits per heavy atom. The van der Waals surface area contributed by atoms with Crippen LogP contribution in [0.2, 0.25) is 0 Å². The van der Waals surface area contributed by atoms with Gasteiger partial charge in [-0.2, -0.15) is 0 Å². The number of rotatable bonds is 6. The highest BCUT2D eigenvalue weighted by Crippen LogP contribution is 2.38. The number of benzene rings is 2. The number of carbonyl (C=O) groups is 4. The zero-order valence-electron chi connectivity index (χ0n) is 19.1. The van der Waals surface area contributed by atoms with Crippen molar-refractivity contribution >= 4 is 45.7 Å². The van der Waals surface area contributed by atoms with Gasteiger partial charge in [0.2, 0.25) is 11.8 Å². The number of nitrogens with one attached hydrogen (secondary N) is 2. The maximum absolute atomic E-state index is 13.2. The summed E-state index contributed by atoms with van der Waals surface area (Å²) in [7, 11) is 0. The number of carbonyl (C=O) groups excluding carboxylic acids is 4. The number of anilines is 2. The summed E-state index contributed by atoms with van der Waals surface area (Å²) in [5.74, 6) is -0.999. The molecule has 1 saturated heterocycles. The van der Waals surface area contributed by atoms with E-state index in [1.54, 1.807) is 24.3 Å². The largest absolute Gasteiger partial charge is 0.348 e. The fraction of sp³-hybridized carbons (Fsp3) is 0.259. The van der Waals surface area contributed by atoms with E-state index in [1.165, 1.54) is 11.3 Å². The Bertz CT molecular complexity index is 1280. The SMILES string of the molecule is O=C(Nc1sc2c(c1C(=O)NCc1ccccc1)CCCC2)c1ccc(N2C(=O)CCC2=O)cc1. The third-order valence-corrected chi connectivity index (χ3v) is 7.57. The standard InChI is InChI=1S/C27H25N3O4S/c31-22-14-15-23(32)30(22)19-12-10-18(11-13-19)25(33)29-27-24(20-8-4-5-9-21(20)35-27)26(34)28-16-17-6-2-1-3-7-17/h1-3,6-7,10-13H,4-5,8-9,14-16H2,(H,28,34)(H,29,33). The summed E-state index contributed by atoms with van der Waals surface area (Å²) in [5.41, 5.74) is 3.43. The average Bonchev–Trinajstić information content (AvgIpc) is 3.41. The van der Waals surface area contributed by atoms with Crippen LogP contribution in [0.5, 0.6) is 0 Å². The molecule has 0 atom stereocenters. The monoisotopic (exact) mass is 487 g/mol. The van der Waals surface area contributed by atoms with Gasteiger partial charge in [-0.25, -0.2) is 0 Å². The van der Waals surface area contributed by atoms with Crippen molar-refractivity contribution in [2.75, 3.05) is 10.2 Å². The van der Waals surface area contributed by atoms with E-state index in [4.69, 9.17) is 0 Å². The minimum atomic E-state index is -0.341. The molecule has 2 heterocycles. The third kappa shape index (κ3) is 4.74. The second-order valence-electron chi connectivity index (χ2n) is 8.71. The van der Waals surface area contributed by atoms with Crippen LogP contribution in [0.1, 0.15) is 62.4 Å². The average molecular weight is 488 g/mol. The molecule has 0 bridgehead atoms. The number of nitrogens with zero attached hydrogens (tertiary/aromatic N) is 1. The van der Waals surface area contributed by atoms with Crippen LogP contribution in [0.15, 0.2) is 54.6 Å². The van der Waals surface area contributed by atoms with E-state index in [0.29, 0.717) is 28.4 Å². The summed E-state index contributed by atoms with van der Waals surface area (Å²) in [4.78, 5) is 52.5. The molecular weight excluding hydrogens is 462 g/mol. The summed E-state index contributed by atoms with van der Waals surface area (Å²) in [6.07, 6.45) is 4.23. The summed E-state index contributed by atoms with van der Waals surface area (Å²) in [6.45, 7) is 0.410. The van der Waals surface area contributed by atoms with Crippen LogP contribution in [0.4, 0.5) is 10.7 Å². The normalized spacial score (nSPS) is 15.1. The van der Waals surface area contributed by atoms with E-state index >= 15 is 0 Å². The van der Waals surface area contributed by atoms with Gasteiger partial charge in [-0.3, -0.25) is 24.1 Å². The number of thiophene rings is 1. The molecule has 35 heavy (non-hydrogen) atoms. The van der Waals surface area contributed by atoms with Crippen molar-refractivity contribution in [3.8, 4) is 0 Å². The van der Waals surface area contributed by atoms with Crippen LogP contribution in [0.25, 0.3) is 0 Å². The first-order valence-electron chi connectivity index (χ1n) is 11.7. The Morgan fingerprint density at radius 2 is 1.51 bits per heavy atom. The van der Waals surface area contributed by atoms with Crippen molar-refractivity contribution in [3.63, 3.8) is 0 Å². The Balaban J connectivity index is 1.35. The Hall–Kier alpha value is -3.78. The van der Waals surface area contributed by atoms with Gasteiger partial charge < -0.3 is 10.6 Å². The Morgan fingerprint density at radius 3 is 2.23 bits per heavy atom. The van der Waals surface area contributed by atoms with Gasteiger partial charge in [0.05, 0.1) is 11.3 Å². The predicted molar refractivity (Wildman–Crippen MR) is 135 cm³/mol. The first-order valence-corrected chi connectivity index (χ1v) is 12.6. The fourth-order valence-corrected chi connectivity index (χ4v) is 5.84. The first-order chi connectivity index (χ1) is 17.0. The van der Waals surface area contributed by atoms with Crippen LogP contribution in [0, 0.1) is 0 Å². The molecule has 3 aromatic rings. The second-order valence-corrected chi connectivity index (χ2v) is 9.81. The molecule has 0 unspecified atom stereocenters. The lowest BCUT2D eigenvalue weighted by Gasteiger charge is -2.14. The first kappa shape index (κ1) is 23.0. The van der Waals surface area contributed by atoms with E-state index in [-0.39, 0.29) is 36.5 Å². The molecule has 8 heteroatoms. The zero-order valence-corrected chi connectivity index (χ0v) is 20.0. The van der Waals surface area contributed by atoms with E-state index in [0.717, 1.165) is 46.6 Å². The highest BCUT2D eigenvalue weighted by molar-refractivity contribution is 7.17. The molecule has 0 spiro atoms. The molecule has 178 valence electrons. The van der Waals surface area contributed by atoms with Gasteiger partial charge in [-0.05, 0) is 61.1 Å². The van der Waals surface area contributed by atoms with Gasteiger partial charge in [0.1, 0.15) is 5.00 Å². The lowest BCUT2D eigenvalue weighted by Crippen LogP contribution is -2.28. The maximum Gasteiger partial charge on any atom is 0.256 e. The topological polar surface area (TPSA) is 95.6 Å². The van der Waals surface area contributed by atoms with Gasteiger partial charge >= 0.3 is 0 Å². The van der Waals surface area contributed by atoms with E-state index in [9.17, 15) is 19.2 Å². The summed E-state index contributed by atoms with van der Waals surface area (Å²) < 4.78 is 0. The number of hydrogen-bond donors (Lipinski definition) is 2. The fourth-order valence-electron chi connectivity index (χ4n) is 4.56. The van der Waals surface area contributed by atoms with Crippen LogP contribution in [0.3, 0.4) is 0 Å². The number of fused-ring (bicyclic) bond motifs is 1. The molecule has 5 rings (SSSR count). The minimum Gasteiger partial charge on any atom is -0.348 e. The number of hydrogen-bond acceptors (Lipinski definition) is 5. The molecule has 1 aliphatic carbocycles. The van der Waals surface area contributed by atoms with Gasteiger partial charge in [-0.1, -0.05) is 30.3 Å². The third-order valence-electron chi connectivity index (χ3n) is 6.36. The van der Waals surface area contributed by atoms with Crippen molar-refractivity contribution in [1.29, 1.82) is 0 Å². The van der Waals surface area contributed by atoms with E-state index < -0.39 is 0 Å². The van der Waals surface area contributed by atoms with Crippen LogP contribution in [-0.4, -0.2) is 23.6 Å². The molecule has 2 aliphatic rings. The molecule has 0 saturated carbocycles. The van der Waals surface area contributed by atoms with Crippen LogP contribution >= 0.6 is 11.3 Å². The van der Waals surface area contributed by atoms with Gasteiger partial charge in [0, 0.05) is 29.8 Å². The molecule has 7 nitrogen and oxygen atoms in total. The van der Waals surface area contributed by atoms with Gasteiger partial charge in [0.25, 0.3) is 11.8 Å². The van der Waals surface area contributed by atoms with Crippen molar-refractivity contribution in [2.24, 2.45) is 0 Å². The van der Waals surface area contributed by atoms with Crippen molar-refractivity contribution in [3.05, 3.63) is 81.7 Å². The summed E-state index contributed by atoms with van der Waals surface area (Å²) in [6, 6.07) is 16.1. The highest BCUT2D eigenvalue weighted by Gasteiger charge is 2.30. The lowest BCUT2D eigenvalue weighted by atomic mass is 9.95. The maximum atomic E-state index is 13.2. The molecule has 1 aromatic heterocycles. The molecule has 2 aromatic carbocycles. The lowest BCUT2D eigenvalue weighted by molar-refractivity contribution is -0.121. The van der Waals surface area contributed by atoms with E-state index in [2.05, 4.69) is 10.6 Å². The predicted octanol–water partition coefficient (Wildman–Crippen LogP) is 4.46. The number of imide groups is 1. The van der Waals surface area contributed by atoms with Crippen LogP contribution in [-0.2, 0) is 29.0 Å². The number of amides is 4.